The second kappa shape index (κ2) is 10.1. The number of carbonyl (C=O) groups is 2. The number of carbonyl (C=O) groups excluding carboxylic acids is 2. The van der Waals surface area contributed by atoms with Gasteiger partial charge in [-0.2, -0.15) is 0 Å². The van der Waals surface area contributed by atoms with Crippen LogP contribution in [0, 0.1) is 5.92 Å². The van der Waals surface area contributed by atoms with E-state index >= 15 is 0 Å². The predicted molar refractivity (Wildman–Crippen MR) is 65.5 cm³/mol. The van der Waals surface area contributed by atoms with Crippen molar-refractivity contribution in [1.82, 2.24) is 0 Å². The molecule has 4 nitrogen and oxygen atoms in total. The Kier molecular flexibility index (Phi) is 9.49. The van der Waals surface area contributed by atoms with Crippen LogP contribution < -0.4 is 0 Å². The van der Waals surface area contributed by atoms with E-state index in [1.165, 1.54) is 0 Å². The van der Waals surface area contributed by atoms with Gasteiger partial charge in [0.1, 0.15) is 0 Å². The molecule has 0 aliphatic rings. The van der Waals surface area contributed by atoms with Crippen LogP contribution in [-0.2, 0) is 19.1 Å². The van der Waals surface area contributed by atoms with Crippen molar-refractivity contribution in [2.24, 2.45) is 5.92 Å². The standard InChI is InChI=1S/C13H24O4/c1-4-7-8-11(13(15)17-6-3)9-10-12(14)16-5-2/h11H,4-10H2,1-3H3. The molecule has 17 heavy (non-hydrogen) atoms. The SMILES string of the molecule is CCCCC(CCC(=O)OCC)C(=O)OCC. The van der Waals surface area contributed by atoms with E-state index < -0.39 is 0 Å². The maximum absolute atomic E-state index is 11.6. The normalized spacial score (nSPS) is 11.9. The predicted octanol–water partition coefficient (Wildman–Crippen LogP) is 2.70. The Hall–Kier alpha value is -1.06. The van der Waals surface area contributed by atoms with Crippen LogP contribution in [0.4, 0.5) is 0 Å². The summed E-state index contributed by atoms with van der Waals surface area (Å²) in [6.07, 6.45) is 3.62. The molecule has 0 amide bonds. The fourth-order valence-electron chi connectivity index (χ4n) is 1.62. The molecule has 0 aliphatic carbocycles. The summed E-state index contributed by atoms with van der Waals surface area (Å²) in [5.74, 6) is -0.595. The van der Waals surface area contributed by atoms with Gasteiger partial charge < -0.3 is 9.47 Å². The highest BCUT2D eigenvalue weighted by atomic mass is 16.5. The molecule has 0 saturated carbocycles. The molecule has 0 aromatic rings. The minimum atomic E-state index is -0.238. The lowest BCUT2D eigenvalue weighted by Crippen LogP contribution is -2.19. The Balaban J connectivity index is 4.08. The zero-order valence-electron chi connectivity index (χ0n) is 11.2. The molecule has 0 fully saturated rings. The summed E-state index contributed by atoms with van der Waals surface area (Å²) in [5.41, 5.74) is 0. The molecule has 1 unspecified atom stereocenters. The lowest BCUT2D eigenvalue weighted by Gasteiger charge is -2.14. The van der Waals surface area contributed by atoms with Crippen LogP contribution in [0.15, 0.2) is 0 Å². The van der Waals surface area contributed by atoms with E-state index in [4.69, 9.17) is 9.47 Å². The minimum Gasteiger partial charge on any atom is -0.466 e. The molecule has 0 aromatic carbocycles. The molecular formula is C13H24O4. The van der Waals surface area contributed by atoms with Crippen molar-refractivity contribution in [3.8, 4) is 0 Å². The third kappa shape index (κ3) is 7.77. The van der Waals surface area contributed by atoms with E-state index in [9.17, 15) is 9.59 Å². The second-order valence-electron chi connectivity index (χ2n) is 3.93. The van der Waals surface area contributed by atoms with Gasteiger partial charge in [-0.25, -0.2) is 0 Å². The van der Waals surface area contributed by atoms with Crippen molar-refractivity contribution < 1.29 is 19.1 Å². The van der Waals surface area contributed by atoms with Gasteiger partial charge in [0, 0.05) is 6.42 Å². The van der Waals surface area contributed by atoms with E-state index in [0.29, 0.717) is 26.1 Å². The third-order valence-electron chi connectivity index (χ3n) is 2.53. The average molecular weight is 244 g/mol. The van der Waals surface area contributed by atoms with Gasteiger partial charge >= 0.3 is 11.9 Å². The first-order valence-electron chi connectivity index (χ1n) is 6.47. The van der Waals surface area contributed by atoms with Crippen LogP contribution in [-0.4, -0.2) is 25.2 Å². The van der Waals surface area contributed by atoms with Gasteiger partial charge in [-0.15, -0.1) is 0 Å². The Morgan fingerprint density at radius 3 is 2.18 bits per heavy atom. The first kappa shape index (κ1) is 15.9. The van der Waals surface area contributed by atoms with Crippen LogP contribution in [0.1, 0.15) is 52.9 Å². The number of ether oxygens (including phenoxy) is 2. The van der Waals surface area contributed by atoms with E-state index in [2.05, 4.69) is 6.92 Å². The first-order valence-corrected chi connectivity index (χ1v) is 6.47. The Morgan fingerprint density at radius 1 is 1.00 bits per heavy atom. The third-order valence-corrected chi connectivity index (χ3v) is 2.53. The second-order valence-corrected chi connectivity index (χ2v) is 3.93. The van der Waals surface area contributed by atoms with Gasteiger partial charge in [0.25, 0.3) is 0 Å². The van der Waals surface area contributed by atoms with Crippen molar-refractivity contribution >= 4 is 11.9 Å². The smallest absolute Gasteiger partial charge is 0.308 e. The topological polar surface area (TPSA) is 52.6 Å². The number of hydrogen-bond donors (Lipinski definition) is 0. The molecular weight excluding hydrogens is 220 g/mol. The molecule has 0 heterocycles. The van der Waals surface area contributed by atoms with Crippen LogP contribution in [0.3, 0.4) is 0 Å². The molecule has 4 heteroatoms. The molecule has 0 bridgehead atoms. The number of rotatable bonds is 9. The highest BCUT2D eigenvalue weighted by molar-refractivity contribution is 5.74. The van der Waals surface area contributed by atoms with E-state index in [-0.39, 0.29) is 17.9 Å². The maximum Gasteiger partial charge on any atom is 0.308 e. The van der Waals surface area contributed by atoms with Gasteiger partial charge in [0.15, 0.2) is 0 Å². The number of esters is 2. The minimum absolute atomic E-state index is 0.167. The van der Waals surface area contributed by atoms with Crippen molar-refractivity contribution in [2.75, 3.05) is 13.2 Å². The van der Waals surface area contributed by atoms with Gasteiger partial charge in [-0.1, -0.05) is 19.8 Å². The number of unbranched alkanes of at least 4 members (excludes halogenated alkanes) is 1. The molecule has 0 aromatic heterocycles. The van der Waals surface area contributed by atoms with E-state index in [1.807, 2.05) is 0 Å². The molecule has 0 saturated heterocycles. The fourth-order valence-corrected chi connectivity index (χ4v) is 1.62. The molecule has 0 rings (SSSR count). The summed E-state index contributed by atoms with van der Waals surface area (Å²) >= 11 is 0. The lowest BCUT2D eigenvalue weighted by molar-refractivity contribution is -0.149. The Morgan fingerprint density at radius 2 is 1.65 bits per heavy atom. The zero-order chi connectivity index (χ0) is 13.1. The van der Waals surface area contributed by atoms with Crippen molar-refractivity contribution in [1.29, 1.82) is 0 Å². The Labute approximate surface area is 104 Å². The lowest BCUT2D eigenvalue weighted by atomic mass is 9.97. The molecule has 0 spiro atoms. The summed E-state index contributed by atoms with van der Waals surface area (Å²) in [6, 6.07) is 0. The summed E-state index contributed by atoms with van der Waals surface area (Å²) in [7, 11) is 0. The van der Waals surface area contributed by atoms with Crippen molar-refractivity contribution in [3.63, 3.8) is 0 Å². The van der Waals surface area contributed by atoms with E-state index in [1.54, 1.807) is 13.8 Å². The molecule has 1 atom stereocenters. The van der Waals surface area contributed by atoms with Crippen molar-refractivity contribution in [3.05, 3.63) is 0 Å². The maximum atomic E-state index is 11.6. The van der Waals surface area contributed by atoms with Crippen LogP contribution >= 0.6 is 0 Å². The van der Waals surface area contributed by atoms with Gasteiger partial charge in [-0.3, -0.25) is 9.59 Å². The highest BCUT2D eigenvalue weighted by Crippen LogP contribution is 2.17. The molecule has 0 radical (unpaired) electrons. The van der Waals surface area contributed by atoms with E-state index in [0.717, 1.165) is 19.3 Å². The van der Waals surface area contributed by atoms with Crippen LogP contribution in [0.2, 0.25) is 0 Å². The summed E-state index contributed by atoms with van der Waals surface area (Å²) < 4.78 is 9.85. The first-order chi connectivity index (χ1) is 8.15. The monoisotopic (exact) mass is 244 g/mol. The average Bonchev–Trinajstić information content (AvgIpc) is 2.29. The molecule has 100 valence electrons. The highest BCUT2D eigenvalue weighted by Gasteiger charge is 2.20. The fraction of sp³-hybridized carbons (Fsp3) is 0.846. The van der Waals surface area contributed by atoms with Gasteiger partial charge in [0.05, 0.1) is 19.1 Å². The largest absolute Gasteiger partial charge is 0.466 e. The quantitative estimate of drug-likeness (QED) is 0.585. The van der Waals surface area contributed by atoms with Crippen molar-refractivity contribution in [2.45, 2.75) is 52.9 Å². The Bertz CT molecular complexity index is 225. The molecule has 0 N–H and O–H groups in total. The molecule has 0 aliphatic heterocycles. The summed E-state index contributed by atoms with van der Waals surface area (Å²) in [5, 5.41) is 0. The summed E-state index contributed by atoms with van der Waals surface area (Å²) in [4.78, 5) is 22.9. The summed E-state index contributed by atoms with van der Waals surface area (Å²) in [6.45, 7) is 6.42. The number of hydrogen-bond acceptors (Lipinski definition) is 4. The zero-order valence-corrected chi connectivity index (χ0v) is 11.2. The van der Waals surface area contributed by atoms with Gasteiger partial charge in [-0.05, 0) is 26.7 Å². The van der Waals surface area contributed by atoms with Crippen LogP contribution in [0.25, 0.3) is 0 Å². The van der Waals surface area contributed by atoms with Crippen LogP contribution in [0.5, 0.6) is 0 Å². The van der Waals surface area contributed by atoms with Gasteiger partial charge in [0.2, 0.25) is 0 Å².